The molecule has 1 aliphatic carbocycles. The van der Waals surface area contributed by atoms with Gasteiger partial charge in [-0.1, -0.05) is 6.58 Å². The second-order valence-electron chi connectivity index (χ2n) is 4.84. The van der Waals surface area contributed by atoms with Gasteiger partial charge in [0, 0.05) is 18.8 Å². The smallest absolute Gasteiger partial charge is 0.154 e. The molecule has 1 aliphatic heterocycles. The lowest BCUT2D eigenvalue weighted by molar-refractivity contribution is 0.654. The lowest BCUT2D eigenvalue weighted by atomic mass is 10.1. The third kappa shape index (κ3) is 1.66. The third-order valence-corrected chi connectivity index (χ3v) is 4.14. The molecule has 0 saturated heterocycles. The fraction of sp³-hybridized carbons (Fsp3) is 0.462. The molecule has 17 heavy (non-hydrogen) atoms. The molecule has 4 heteroatoms. The number of hydrogen-bond donors (Lipinski definition) is 0. The number of rotatable bonds is 1. The summed E-state index contributed by atoms with van der Waals surface area (Å²) >= 11 is 3.46. The van der Waals surface area contributed by atoms with Crippen molar-refractivity contribution in [3.63, 3.8) is 0 Å². The highest BCUT2D eigenvalue weighted by Crippen LogP contribution is 2.43. The summed E-state index contributed by atoms with van der Waals surface area (Å²) in [7, 11) is 2.07. The largest absolute Gasteiger partial charge is 0.344 e. The Hall–Kier alpha value is -1.03. The minimum atomic E-state index is 0.335. The molecule has 1 aromatic rings. The van der Waals surface area contributed by atoms with Gasteiger partial charge < -0.3 is 9.80 Å². The molecule has 1 fully saturated rings. The topological polar surface area (TPSA) is 19.4 Å². The number of fused-ring (bicyclic) bond motifs is 1. The Labute approximate surface area is 110 Å². The van der Waals surface area contributed by atoms with Crippen molar-refractivity contribution in [3.05, 3.63) is 29.0 Å². The minimum absolute atomic E-state index is 0.335. The van der Waals surface area contributed by atoms with E-state index >= 15 is 0 Å². The summed E-state index contributed by atoms with van der Waals surface area (Å²) in [6.07, 6.45) is 2.55. The molecule has 90 valence electrons. The molecule has 1 aromatic heterocycles. The average Bonchev–Trinajstić information content (AvgIpc) is 3.10. The molecule has 1 saturated carbocycles. The predicted octanol–water partition coefficient (Wildman–Crippen LogP) is 3.16. The Balaban J connectivity index is 2.14. The Morgan fingerprint density at radius 1 is 1.41 bits per heavy atom. The van der Waals surface area contributed by atoms with Crippen molar-refractivity contribution in [1.82, 2.24) is 4.98 Å². The molecule has 0 spiro atoms. The van der Waals surface area contributed by atoms with Crippen molar-refractivity contribution >= 4 is 27.4 Å². The summed E-state index contributed by atoms with van der Waals surface area (Å²) in [5.74, 6) is 1.09. The van der Waals surface area contributed by atoms with E-state index in [9.17, 15) is 0 Å². The summed E-state index contributed by atoms with van der Waals surface area (Å²) in [6, 6.07) is 5.08. The van der Waals surface area contributed by atoms with Gasteiger partial charge in [-0.15, -0.1) is 0 Å². The number of nitrogens with zero attached hydrogens (tertiary/aromatic N) is 3. The maximum Gasteiger partial charge on any atom is 0.154 e. The minimum Gasteiger partial charge on any atom is -0.344 e. The van der Waals surface area contributed by atoms with Crippen molar-refractivity contribution in [1.29, 1.82) is 0 Å². The molecule has 3 rings (SSSR count). The monoisotopic (exact) mass is 293 g/mol. The van der Waals surface area contributed by atoms with Crippen molar-refractivity contribution < 1.29 is 0 Å². The molecule has 3 nitrogen and oxygen atoms in total. The van der Waals surface area contributed by atoms with Crippen molar-refractivity contribution in [3.8, 4) is 0 Å². The Kier molecular flexibility index (Phi) is 2.43. The molecule has 1 unspecified atom stereocenters. The van der Waals surface area contributed by atoms with Gasteiger partial charge in [0.25, 0.3) is 0 Å². The molecule has 0 aromatic carbocycles. The molecule has 2 aliphatic rings. The maximum absolute atomic E-state index is 4.65. The first-order chi connectivity index (χ1) is 8.09. The number of hydrogen-bond acceptors (Lipinski definition) is 3. The number of anilines is 2. The van der Waals surface area contributed by atoms with Crippen LogP contribution in [0.25, 0.3) is 0 Å². The predicted molar refractivity (Wildman–Crippen MR) is 74.4 cm³/mol. The van der Waals surface area contributed by atoms with E-state index in [1.165, 1.54) is 12.8 Å². The fourth-order valence-electron chi connectivity index (χ4n) is 2.49. The summed E-state index contributed by atoms with van der Waals surface area (Å²) in [6.45, 7) is 6.41. The second-order valence-corrected chi connectivity index (χ2v) is 5.65. The van der Waals surface area contributed by atoms with Crippen molar-refractivity contribution in [2.24, 2.45) is 0 Å². The van der Waals surface area contributed by atoms with E-state index in [1.54, 1.807) is 0 Å². The average molecular weight is 294 g/mol. The molecule has 2 heterocycles. The highest BCUT2D eigenvalue weighted by Gasteiger charge is 2.39. The van der Waals surface area contributed by atoms with E-state index in [4.69, 9.17) is 0 Å². The van der Waals surface area contributed by atoms with Crippen molar-refractivity contribution in [2.75, 3.05) is 16.8 Å². The van der Waals surface area contributed by atoms with Gasteiger partial charge in [0.15, 0.2) is 5.82 Å². The Morgan fingerprint density at radius 3 is 2.76 bits per heavy atom. The van der Waals surface area contributed by atoms with Crippen LogP contribution in [-0.2, 0) is 0 Å². The van der Waals surface area contributed by atoms with Crippen molar-refractivity contribution in [2.45, 2.75) is 31.8 Å². The zero-order chi connectivity index (χ0) is 12.2. The van der Waals surface area contributed by atoms with Crippen LogP contribution in [0.5, 0.6) is 0 Å². The zero-order valence-corrected chi connectivity index (χ0v) is 11.7. The molecule has 0 radical (unpaired) electrons. The maximum atomic E-state index is 4.65. The summed E-state index contributed by atoms with van der Waals surface area (Å²) < 4.78 is 0.898. The standard InChI is InChI=1S/C13H16BrN3/c1-8-9(2)17(10-4-5-10)13-11(16(8)3)6-7-12(14)15-13/h6-7,9-10H,1,4-5H2,2-3H3. The molecule has 0 amide bonds. The lowest BCUT2D eigenvalue weighted by Crippen LogP contribution is -2.45. The van der Waals surface area contributed by atoms with Crippen LogP contribution < -0.4 is 9.80 Å². The van der Waals surface area contributed by atoms with Crippen LogP contribution in [0.4, 0.5) is 11.5 Å². The highest BCUT2D eigenvalue weighted by molar-refractivity contribution is 9.10. The van der Waals surface area contributed by atoms with Gasteiger partial charge in [-0.05, 0) is 47.8 Å². The quantitative estimate of drug-likeness (QED) is 0.742. The first-order valence-corrected chi connectivity index (χ1v) is 6.76. The van der Waals surface area contributed by atoms with Gasteiger partial charge in [-0.3, -0.25) is 0 Å². The first-order valence-electron chi connectivity index (χ1n) is 5.97. The summed E-state index contributed by atoms with van der Waals surface area (Å²) in [5.41, 5.74) is 2.30. The van der Waals surface area contributed by atoms with Crippen LogP contribution in [0.1, 0.15) is 19.8 Å². The number of pyridine rings is 1. The Bertz CT molecular complexity index is 482. The van der Waals surface area contributed by atoms with E-state index in [0.717, 1.165) is 21.8 Å². The van der Waals surface area contributed by atoms with E-state index in [1.807, 2.05) is 6.07 Å². The van der Waals surface area contributed by atoms with Crippen LogP contribution >= 0.6 is 15.9 Å². The molecular formula is C13H16BrN3. The van der Waals surface area contributed by atoms with Crippen LogP contribution in [0, 0.1) is 0 Å². The molecular weight excluding hydrogens is 278 g/mol. The summed E-state index contributed by atoms with van der Waals surface area (Å²) in [5, 5.41) is 0. The molecule has 0 bridgehead atoms. The van der Waals surface area contributed by atoms with Crippen LogP contribution in [0.3, 0.4) is 0 Å². The highest BCUT2D eigenvalue weighted by atomic mass is 79.9. The van der Waals surface area contributed by atoms with E-state index in [-0.39, 0.29) is 0 Å². The molecule has 1 atom stereocenters. The van der Waals surface area contributed by atoms with Gasteiger partial charge in [-0.2, -0.15) is 0 Å². The molecule has 0 N–H and O–H groups in total. The van der Waals surface area contributed by atoms with E-state index < -0.39 is 0 Å². The SMILES string of the molecule is C=C1C(C)N(C2CC2)c2nc(Br)ccc2N1C. The first kappa shape index (κ1) is 11.1. The summed E-state index contributed by atoms with van der Waals surface area (Å²) in [4.78, 5) is 9.22. The zero-order valence-electron chi connectivity index (χ0n) is 10.2. The van der Waals surface area contributed by atoms with Gasteiger partial charge in [0.05, 0.1) is 11.7 Å². The van der Waals surface area contributed by atoms with Crippen LogP contribution in [0.15, 0.2) is 29.0 Å². The van der Waals surface area contributed by atoms with Crippen LogP contribution in [0.2, 0.25) is 0 Å². The second kappa shape index (κ2) is 3.73. The van der Waals surface area contributed by atoms with Crippen LogP contribution in [-0.4, -0.2) is 24.1 Å². The van der Waals surface area contributed by atoms with Gasteiger partial charge in [0.1, 0.15) is 4.60 Å². The Morgan fingerprint density at radius 2 is 2.12 bits per heavy atom. The fourth-order valence-corrected chi connectivity index (χ4v) is 2.79. The van der Waals surface area contributed by atoms with Gasteiger partial charge in [-0.25, -0.2) is 4.98 Å². The van der Waals surface area contributed by atoms with Gasteiger partial charge in [0.2, 0.25) is 0 Å². The number of aromatic nitrogens is 1. The lowest BCUT2D eigenvalue weighted by Gasteiger charge is -2.42. The van der Waals surface area contributed by atoms with E-state index in [0.29, 0.717) is 12.1 Å². The number of halogens is 1. The van der Waals surface area contributed by atoms with E-state index in [2.05, 4.69) is 57.3 Å². The normalized spacial score (nSPS) is 23.9. The number of likely N-dealkylation sites (N-methyl/N-ethyl adjacent to an activating group) is 1. The third-order valence-electron chi connectivity index (χ3n) is 3.70. The van der Waals surface area contributed by atoms with Gasteiger partial charge >= 0.3 is 0 Å².